The predicted molar refractivity (Wildman–Crippen MR) is 107 cm³/mol. The Kier molecular flexibility index (Phi) is 5.06. The zero-order chi connectivity index (χ0) is 19.8. The van der Waals surface area contributed by atoms with Crippen LogP contribution in [0.15, 0.2) is 30.0 Å². The van der Waals surface area contributed by atoms with Gasteiger partial charge in [0.15, 0.2) is 0 Å². The number of piperidine rings is 1. The van der Waals surface area contributed by atoms with Crippen molar-refractivity contribution in [1.82, 2.24) is 9.88 Å². The molecule has 2 aliphatic heterocycles. The van der Waals surface area contributed by atoms with Gasteiger partial charge in [0, 0.05) is 29.7 Å². The fourth-order valence-electron chi connectivity index (χ4n) is 5.13. The normalized spacial score (nSPS) is 25.2. The van der Waals surface area contributed by atoms with Gasteiger partial charge in [-0.3, -0.25) is 4.90 Å². The number of phenolic OH excluding ortho intramolecular Hbond substituents is 1. The first-order chi connectivity index (χ1) is 13.6. The lowest BCUT2D eigenvalue weighted by molar-refractivity contribution is -0.137. The highest BCUT2D eigenvalue weighted by atomic mass is 16.5. The Balaban J connectivity index is 1.75. The molecule has 0 spiro atoms. The standard InChI is InChI=1S/C22H28N2O4/c1-4-13-11-24-9-8-14-20-17(6-5-7-19(20)25)23-21(14)18(24)10-15(13)16(12-27-2)22(26)28-3/h5-7,12-13,15,18,23,25H,4,8-11H2,1-3H3/b16-12-/t13-,15+,18+/m1/s1. The summed E-state index contributed by atoms with van der Waals surface area (Å²) in [6.45, 7) is 4.07. The molecule has 3 atom stereocenters. The number of hydrogen-bond acceptors (Lipinski definition) is 5. The fourth-order valence-corrected chi connectivity index (χ4v) is 5.13. The van der Waals surface area contributed by atoms with Crippen LogP contribution in [0.1, 0.15) is 37.1 Å². The molecule has 2 aromatic rings. The van der Waals surface area contributed by atoms with Crippen LogP contribution in [0.25, 0.3) is 10.9 Å². The van der Waals surface area contributed by atoms with E-state index >= 15 is 0 Å². The summed E-state index contributed by atoms with van der Waals surface area (Å²) in [5.74, 6) is 0.460. The number of nitrogens with one attached hydrogen (secondary N) is 1. The van der Waals surface area contributed by atoms with Crippen molar-refractivity contribution in [2.24, 2.45) is 11.8 Å². The summed E-state index contributed by atoms with van der Waals surface area (Å²) >= 11 is 0. The zero-order valence-corrected chi connectivity index (χ0v) is 16.7. The Labute approximate surface area is 165 Å². The van der Waals surface area contributed by atoms with E-state index in [-0.39, 0.29) is 17.9 Å². The molecule has 1 fully saturated rings. The number of ether oxygens (including phenoxy) is 2. The second-order valence-electron chi connectivity index (χ2n) is 7.79. The molecule has 0 aliphatic carbocycles. The van der Waals surface area contributed by atoms with Crippen molar-refractivity contribution < 1.29 is 19.4 Å². The Morgan fingerprint density at radius 3 is 2.93 bits per heavy atom. The molecule has 3 heterocycles. The van der Waals surface area contributed by atoms with Crippen LogP contribution in [-0.2, 0) is 20.7 Å². The number of fused-ring (bicyclic) bond motifs is 5. The number of aromatic amines is 1. The van der Waals surface area contributed by atoms with Crippen LogP contribution < -0.4 is 0 Å². The molecule has 0 amide bonds. The van der Waals surface area contributed by atoms with Crippen LogP contribution in [0.2, 0.25) is 0 Å². The second-order valence-corrected chi connectivity index (χ2v) is 7.79. The molecule has 2 aliphatic rings. The molecule has 1 aromatic heterocycles. The number of nitrogens with zero attached hydrogens (tertiary/aromatic N) is 1. The molecule has 0 unspecified atom stereocenters. The summed E-state index contributed by atoms with van der Waals surface area (Å²) in [5.41, 5.74) is 3.96. The van der Waals surface area contributed by atoms with Crippen molar-refractivity contribution in [3.63, 3.8) is 0 Å². The predicted octanol–water partition coefficient (Wildman–Crippen LogP) is 3.52. The van der Waals surface area contributed by atoms with E-state index < -0.39 is 0 Å². The summed E-state index contributed by atoms with van der Waals surface area (Å²) in [5, 5.41) is 11.3. The molecule has 150 valence electrons. The summed E-state index contributed by atoms with van der Waals surface area (Å²) in [6.07, 6.45) is 4.29. The first-order valence-corrected chi connectivity index (χ1v) is 9.96. The van der Waals surface area contributed by atoms with Gasteiger partial charge < -0.3 is 19.6 Å². The minimum absolute atomic E-state index is 0.0737. The maximum absolute atomic E-state index is 12.4. The van der Waals surface area contributed by atoms with Gasteiger partial charge in [0.25, 0.3) is 0 Å². The van der Waals surface area contributed by atoms with Crippen LogP contribution in [0.5, 0.6) is 5.75 Å². The van der Waals surface area contributed by atoms with Crippen LogP contribution in [-0.4, -0.2) is 48.3 Å². The van der Waals surface area contributed by atoms with Crippen molar-refractivity contribution in [3.8, 4) is 5.75 Å². The molecule has 28 heavy (non-hydrogen) atoms. The zero-order valence-electron chi connectivity index (χ0n) is 16.7. The Hall–Kier alpha value is -2.47. The third-order valence-corrected chi connectivity index (χ3v) is 6.47. The second kappa shape index (κ2) is 7.51. The van der Waals surface area contributed by atoms with Gasteiger partial charge in [-0.25, -0.2) is 4.79 Å². The lowest BCUT2D eigenvalue weighted by Crippen LogP contribution is -2.47. The third-order valence-electron chi connectivity index (χ3n) is 6.47. The number of carbonyl (C=O) groups is 1. The van der Waals surface area contributed by atoms with E-state index in [1.165, 1.54) is 18.4 Å². The van der Waals surface area contributed by atoms with Gasteiger partial charge >= 0.3 is 5.97 Å². The molecule has 0 radical (unpaired) electrons. The number of aromatic hydroxyl groups is 1. The topological polar surface area (TPSA) is 74.8 Å². The molecule has 1 aromatic carbocycles. The number of aromatic nitrogens is 1. The molecule has 1 saturated heterocycles. The maximum Gasteiger partial charge on any atom is 0.337 e. The summed E-state index contributed by atoms with van der Waals surface area (Å²) < 4.78 is 10.3. The van der Waals surface area contributed by atoms with Crippen molar-refractivity contribution in [2.45, 2.75) is 32.2 Å². The number of hydrogen-bond donors (Lipinski definition) is 2. The molecular formula is C22H28N2O4. The molecule has 4 rings (SSSR count). The summed E-state index contributed by atoms with van der Waals surface area (Å²) in [6, 6.07) is 5.81. The van der Waals surface area contributed by atoms with Crippen molar-refractivity contribution >= 4 is 16.9 Å². The molecule has 0 bridgehead atoms. The number of rotatable bonds is 4. The lowest BCUT2D eigenvalue weighted by atomic mass is 9.74. The Bertz CT molecular complexity index is 917. The third kappa shape index (κ3) is 2.96. The van der Waals surface area contributed by atoms with E-state index in [2.05, 4.69) is 16.8 Å². The van der Waals surface area contributed by atoms with Crippen LogP contribution in [0.4, 0.5) is 0 Å². The van der Waals surface area contributed by atoms with Crippen LogP contribution in [0, 0.1) is 11.8 Å². The van der Waals surface area contributed by atoms with E-state index in [1.807, 2.05) is 12.1 Å². The number of benzene rings is 1. The van der Waals surface area contributed by atoms with Gasteiger partial charge in [0.1, 0.15) is 5.75 Å². The van der Waals surface area contributed by atoms with Gasteiger partial charge in [0.05, 0.1) is 32.1 Å². The largest absolute Gasteiger partial charge is 0.507 e. The van der Waals surface area contributed by atoms with Crippen LogP contribution in [0.3, 0.4) is 0 Å². The maximum atomic E-state index is 12.4. The van der Waals surface area contributed by atoms with E-state index in [9.17, 15) is 9.90 Å². The van der Waals surface area contributed by atoms with Gasteiger partial charge in [-0.15, -0.1) is 0 Å². The van der Waals surface area contributed by atoms with E-state index in [1.54, 1.807) is 19.4 Å². The van der Waals surface area contributed by atoms with E-state index in [4.69, 9.17) is 9.47 Å². The minimum Gasteiger partial charge on any atom is -0.507 e. The van der Waals surface area contributed by atoms with E-state index in [0.717, 1.165) is 43.3 Å². The Morgan fingerprint density at radius 2 is 2.21 bits per heavy atom. The minimum atomic E-state index is -0.316. The van der Waals surface area contributed by atoms with Gasteiger partial charge in [-0.05, 0) is 42.4 Å². The van der Waals surface area contributed by atoms with Crippen molar-refractivity contribution in [1.29, 1.82) is 0 Å². The SMILES string of the molecule is CC[C@@H]1CN2CCc3c([nH]c4cccc(O)c34)[C@@H]2C[C@@H]1/C(=C/OC)C(=O)OC. The lowest BCUT2D eigenvalue weighted by Gasteiger charge is -2.46. The quantitative estimate of drug-likeness (QED) is 0.479. The van der Waals surface area contributed by atoms with Gasteiger partial charge in [-0.1, -0.05) is 19.4 Å². The summed E-state index contributed by atoms with van der Waals surface area (Å²) in [4.78, 5) is 18.5. The van der Waals surface area contributed by atoms with Gasteiger partial charge in [0.2, 0.25) is 0 Å². The van der Waals surface area contributed by atoms with E-state index in [0.29, 0.717) is 17.2 Å². The number of phenols is 1. The highest BCUT2D eigenvalue weighted by Gasteiger charge is 2.42. The molecule has 2 N–H and O–H groups in total. The Morgan fingerprint density at radius 1 is 1.39 bits per heavy atom. The van der Waals surface area contributed by atoms with Crippen molar-refractivity contribution in [2.75, 3.05) is 27.3 Å². The number of methoxy groups -OCH3 is 2. The number of carbonyl (C=O) groups excluding carboxylic acids is 1. The number of esters is 1. The number of H-pyrrole nitrogens is 1. The van der Waals surface area contributed by atoms with Crippen LogP contribution >= 0.6 is 0 Å². The summed E-state index contributed by atoms with van der Waals surface area (Å²) in [7, 11) is 2.99. The molecular weight excluding hydrogens is 356 g/mol. The highest BCUT2D eigenvalue weighted by molar-refractivity contribution is 5.91. The van der Waals surface area contributed by atoms with Gasteiger partial charge in [-0.2, -0.15) is 0 Å². The average Bonchev–Trinajstić information content (AvgIpc) is 3.10. The molecule has 6 heteroatoms. The average molecular weight is 384 g/mol. The fraction of sp³-hybridized carbons (Fsp3) is 0.500. The molecule has 6 nitrogen and oxygen atoms in total. The first kappa shape index (κ1) is 18.9. The highest BCUT2D eigenvalue weighted by Crippen LogP contribution is 2.46. The molecule has 0 saturated carbocycles. The first-order valence-electron chi connectivity index (χ1n) is 9.96. The smallest absolute Gasteiger partial charge is 0.337 e. The van der Waals surface area contributed by atoms with Crippen molar-refractivity contribution in [3.05, 3.63) is 41.3 Å². The monoisotopic (exact) mass is 384 g/mol.